The third-order valence-corrected chi connectivity index (χ3v) is 3.59. The summed E-state index contributed by atoms with van der Waals surface area (Å²) in [5, 5.41) is 3.18. The Bertz CT molecular complexity index is 670. The Labute approximate surface area is 143 Å². The molecule has 2 rings (SSSR count). The molecule has 1 heterocycles. The molecule has 1 amide bonds. The molecule has 110 valence electrons. The van der Waals surface area contributed by atoms with Crippen LogP contribution in [-0.2, 0) is 4.79 Å². The zero-order valence-electron chi connectivity index (χ0n) is 10.8. The molecule has 0 aliphatic heterocycles. The molecule has 5 nitrogen and oxygen atoms in total. The van der Waals surface area contributed by atoms with Crippen LogP contribution in [0.4, 0.5) is 5.82 Å². The standard InChI is InChI=1S/C13H10Br2ClN3O2/c1-7(21-9-4-2-3-8(16)5-9)13(20)19-12-11(15)18-10(14)6-17-12/h2-7H,1H3,(H,17,19,20). The van der Waals surface area contributed by atoms with Crippen LogP contribution in [0.15, 0.2) is 39.7 Å². The van der Waals surface area contributed by atoms with Crippen LogP contribution >= 0.6 is 43.5 Å². The lowest BCUT2D eigenvalue weighted by atomic mass is 10.3. The molecule has 0 bridgehead atoms. The number of amides is 1. The van der Waals surface area contributed by atoms with E-state index in [4.69, 9.17) is 16.3 Å². The van der Waals surface area contributed by atoms with Gasteiger partial charge in [-0.15, -0.1) is 0 Å². The molecule has 0 spiro atoms. The van der Waals surface area contributed by atoms with Crippen molar-refractivity contribution in [1.82, 2.24) is 9.97 Å². The summed E-state index contributed by atoms with van der Waals surface area (Å²) in [4.78, 5) is 20.2. The van der Waals surface area contributed by atoms with Gasteiger partial charge in [0.25, 0.3) is 5.91 Å². The van der Waals surface area contributed by atoms with Crippen LogP contribution in [0.1, 0.15) is 6.92 Å². The summed E-state index contributed by atoms with van der Waals surface area (Å²) in [7, 11) is 0. The topological polar surface area (TPSA) is 64.1 Å². The number of nitrogens with one attached hydrogen (secondary N) is 1. The molecule has 2 aromatic rings. The van der Waals surface area contributed by atoms with Crippen LogP contribution in [0.2, 0.25) is 5.02 Å². The van der Waals surface area contributed by atoms with E-state index in [0.717, 1.165) is 0 Å². The Morgan fingerprint density at radius 1 is 1.43 bits per heavy atom. The van der Waals surface area contributed by atoms with Gasteiger partial charge < -0.3 is 10.1 Å². The molecule has 0 saturated heterocycles. The second-order valence-corrected chi connectivity index (χ2v) is 6.04. The average Bonchev–Trinajstić information content (AvgIpc) is 2.41. The summed E-state index contributed by atoms with van der Waals surface area (Å²) in [6.07, 6.45) is 0.781. The van der Waals surface area contributed by atoms with E-state index < -0.39 is 6.10 Å². The Morgan fingerprint density at radius 3 is 2.86 bits per heavy atom. The van der Waals surface area contributed by atoms with E-state index in [9.17, 15) is 4.79 Å². The lowest BCUT2D eigenvalue weighted by Gasteiger charge is -2.14. The van der Waals surface area contributed by atoms with E-state index in [-0.39, 0.29) is 5.91 Å². The van der Waals surface area contributed by atoms with Crippen LogP contribution in [0.5, 0.6) is 5.75 Å². The number of halogens is 3. The minimum absolute atomic E-state index is 0.324. The molecule has 1 atom stereocenters. The van der Waals surface area contributed by atoms with Crippen molar-refractivity contribution in [1.29, 1.82) is 0 Å². The minimum atomic E-state index is -0.708. The van der Waals surface area contributed by atoms with Crippen molar-refractivity contribution < 1.29 is 9.53 Å². The Hall–Kier alpha value is -1.18. The minimum Gasteiger partial charge on any atom is -0.481 e. The molecule has 1 aromatic carbocycles. The van der Waals surface area contributed by atoms with Crippen molar-refractivity contribution in [3.8, 4) is 5.75 Å². The van der Waals surface area contributed by atoms with Gasteiger partial charge in [0.05, 0.1) is 6.20 Å². The van der Waals surface area contributed by atoms with Gasteiger partial charge in [-0.05, 0) is 57.0 Å². The van der Waals surface area contributed by atoms with Gasteiger partial charge >= 0.3 is 0 Å². The summed E-state index contributed by atoms with van der Waals surface area (Å²) < 4.78 is 6.52. The van der Waals surface area contributed by atoms with Crippen molar-refractivity contribution in [2.75, 3.05) is 5.32 Å². The predicted octanol–water partition coefficient (Wildman–Crippen LogP) is 4.06. The van der Waals surface area contributed by atoms with Crippen molar-refractivity contribution >= 4 is 55.2 Å². The normalized spacial score (nSPS) is 11.8. The Morgan fingerprint density at radius 2 is 2.19 bits per heavy atom. The first kappa shape index (κ1) is 16.2. The number of anilines is 1. The molecular formula is C13H10Br2ClN3O2. The number of hydrogen-bond donors (Lipinski definition) is 1. The van der Waals surface area contributed by atoms with Crippen molar-refractivity contribution in [2.24, 2.45) is 0 Å². The van der Waals surface area contributed by atoms with Gasteiger partial charge in [0.1, 0.15) is 15.0 Å². The predicted molar refractivity (Wildman–Crippen MR) is 87.6 cm³/mol. The van der Waals surface area contributed by atoms with E-state index in [2.05, 4.69) is 47.1 Å². The summed E-state index contributed by atoms with van der Waals surface area (Å²) in [6.45, 7) is 1.64. The van der Waals surface area contributed by atoms with Crippen molar-refractivity contribution in [3.05, 3.63) is 44.7 Å². The number of ether oxygens (including phenoxy) is 1. The van der Waals surface area contributed by atoms with Gasteiger partial charge in [-0.3, -0.25) is 4.79 Å². The first-order valence-corrected chi connectivity index (χ1v) is 7.83. The molecule has 0 radical (unpaired) electrons. The quantitative estimate of drug-likeness (QED) is 0.787. The van der Waals surface area contributed by atoms with Gasteiger partial charge in [0.2, 0.25) is 0 Å². The summed E-state index contributed by atoms with van der Waals surface area (Å²) in [5.74, 6) is 0.503. The monoisotopic (exact) mass is 433 g/mol. The van der Waals surface area contributed by atoms with Gasteiger partial charge in [0, 0.05) is 5.02 Å². The number of rotatable bonds is 4. The first-order chi connectivity index (χ1) is 9.95. The highest BCUT2D eigenvalue weighted by Crippen LogP contribution is 2.21. The number of carbonyl (C=O) groups is 1. The maximum absolute atomic E-state index is 12.1. The third kappa shape index (κ3) is 4.66. The highest BCUT2D eigenvalue weighted by Gasteiger charge is 2.17. The van der Waals surface area contributed by atoms with Crippen LogP contribution in [0.3, 0.4) is 0 Å². The fraction of sp³-hybridized carbons (Fsp3) is 0.154. The fourth-order valence-corrected chi connectivity index (χ4v) is 2.54. The molecule has 21 heavy (non-hydrogen) atoms. The molecule has 8 heteroatoms. The highest BCUT2D eigenvalue weighted by molar-refractivity contribution is 9.11. The van der Waals surface area contributed by atoms with Crippen LogP contribution < -0.4 is 10.1 Å². The van der Waals surface area contributed by atoms with E-state index in [1.54, 1.807) is 31.2 Å². The number of aromatic nitrogens is 2. The summed E-state index contributed by atoms with van der Waals surface area (Å²) in [5.41, 5.74) is 0. The van der Waals surface area contributed by atoms with E-state index in [0.29, 0.717) is 25.8 Å². The maximum atomic E-state index is 12.1. The lowest BCUT2D eigenvalue weighted by molar-refractivity contribution is -0.122. The second kappa shape index (κ2) is 7.20. The van der Waals surface area contributed by atoms with Gasteiger partial charge in [-0.2, -0.15) is 0 Å². The third-order valence-electron chi connectivity index (χ3n) is 2.42. The van der Waals surface area contributed by atoms with E-state index in [1.807, 2.05) is 0 Å². The SMILES string of the molecule is CC(Oc1cccc(Cl)c1)C(=O)Nc1ncc(Br)nc1Br. The molecule has 1 aromatic heterocycles. The van der Waals surface area contributed by atoms with Crippen LogP contribution in [-0.4, -0.2) is 22.0 Å². The molecular weight excluding hydrogens is 425 g/mol. The highest BCUT2D eigenvalue weighted by atomic mass is 79.9. The molecule has 0 aliphatic rings. The summed E-state index contributed by atoms with van der Waals surface area (Å²) in [6, 6.07) is 6.85. The molecule has 0 aliphatic carbocycles. The summed E-state index contributed by atoms with van der Waals surface area (Å²) >= 11 is 12.3. The molecule has 0 saturated carbocycles. The van der Waals surface area contributed by atoms with Crippen molar-refractivity contribution in [3.63, 3.8) is 0 Å². The number of carbonyl (C=O) groups excluding carboxylic acids is 1. The largest absolute Gasteiger partial charge is 0.481 e. The smallest absolute Gasteiger partial charge is 0.266 e. The zero-order valence-corrected chi connectivity index (χ0v) is 14.7. The first-order valence-electron chi connectivity index (χ1n) is 5.87. The van der Waals surface area contributed by atoms with Gasteiger partial charge in [-0.1, -0.05) is 17.7 Å². The zero-order chi connectivity index (χ0) is 15.4. The van der Waals surface area contributed by atoms with Gasteiger partial charge in [0.15, 0.2) is 11.9 Å². The Kier molecular flexibility index (Phi) is 5.55. The van der Waals surface area contributed by atoms with E-state index in [1.165, 1.54) is 6.20 Å². The van der Waals surface area contributed by atoms with Crippen molar-refractivity contribution in [2.45, 2.75) is 13.0 Å². The lowest BCUT2D eigenvalue weighted by Crippen LogP contribution is -2.30. The fourth-order valence-electron chi connectivity index (χ4n) is 1.45. The van der Waals surface area contributed by atoms with Gasteiger partial charge in [-0.25, -0.2) is 9.97 Å². The number of benzene rings is 1. The molecule has 1 N–H and O–H groups in total. The van der Waals surface area contributed by atoms with Crippen LogP contribution in [0, 0.1) is 0 Å². The maximum Gasteiger partial charge on any atom is 0.266 e. The molecule has 1 unspecified atom stereocenters. The van der Waals surface area contributed by atoms with Crippen LogP contribution in [0.25, 0.3) is 0 Å². The van der Waals surface area contributed by atoms with E-state index >= 15 is 0 Å². The second-order valence-electron chi connectivity index (χ2n) is 4.04. The number of nitrogens with zero attached hydrogens (tertiary/aromatic N) is 2. The average molecular weight is 436 g/mol. The Balaban J connectivity index is 2.02. The molecule has 0 fully saturated rings. The number of hydrogen-bond acceptors (Lipinski definition) is 4.